The summed E-state index contributed by atoms with van der Waals surface area (Å²) in [5.41, 5.74) is -0.652. The first-order valence-corrected chi connectivity index (χ1v) is 3.06. The van der Waals surface area contributed by atoms with Crippen LogP contribution in [-0.2, 0) is 0 Å². The second-order valence-corrected chi connectivity index (χ2v) is 2.76. The van der Waals surface area contributed by atoms with E-state index in [1.807, 2.05) is 0 Å². The molecule has 0 saturated heterocycles. The fourth-order valence-corrected chi connectivity index (χ4v) is 0.608. The Morgan fingerprint density at radius 3 is 2.50 bits per heavy atom. The molecule has 0 heterocycles. The lowest BCUT2D eigenvalue weighted by Crippen LogP contribution is -2.41. The summed E-state index contributed by atoms with van der Waals surface area (Å²) in [6, 6.07) is 0. The van der Waals surface area contributed by atoms with Crippen LogP contribution in [0.2, 0.25) is 0 Å². The van der Waals surface area contributed by atoms with Crippen LogP contribution in [0.4, 0.5) is 9.18 Å². The van der Waals surface area contributed by atoms with E-state index in [1.54, 1.807) is 13.8 Å². The number of aliphatic hydroxyl groups excluding tert-OH is 1. The molecule has 0 aromatic carbocycles. The Balaban J connectivity index is 3.74. The van der Waals surface area contributed by atoms with Crippen LogP contribution in [0.3, 0.4) is 0 Å². The van der Waals surface area contributed by atoms with Crippen LogP contribution >= 0.6 is 0 Å². The van der Waals surface area contributed by atoms with Gasteiger partial charge in [0.1, 0.15) is 0 Å². The van der Waals surface area contributed by atoms with E-state index in [9.17, 15) is 9.18 Å². The molecule has 3 nitrogen and oxygen atoms in total. The van der Waals surface area contributed by atoms with Crippen molar-refractivity contribution < 1.29 is 14.3 Å². The lowest BCUT2D eigenvalue weighted by atomic mass is 10.0. The molecule has 0 saturated carbocycles. The summed E-state index contributed by atoms with van der Waals surface area (Å²) in [5.74, 6) is 0. The number of amides is 1. The van der Waals surface area contributed by atoms with Crippen molar-refractivity contribution in [1.29, 1.82) is 0 Å². The van der Waals surface area contributed by atoms with Gasteiger partial charge in [0.15, 0.2) is 0 Å². The van der Waals surface area contributed by atoms with Crippen LogP contribution in [0, 0.1) is 0 Å². The molecule has 0 aliphatic rings. The zero-order valence-electron chi connectivity index (χ0n) is 6.15. The average molecular weight is 149 g/mol. The number of carbonyl (C=O) groups excluding carboxylic acids is 1. The van der Waals surface area contributed by atoms with Crippen LogP contribution in [0.15, 0.2) is 0 Å². The topological polar surface area (TPSA) is 49.3 Å². The number of hydrogen-bond donors (Lipinski definition) is 2. The minimum absolute atomic E-state index is 0.0622. The summed E-state index contributed by atoms with van der Waals surface area (Å²) in [5, 5.41) is 10.5. The maximum absolute atomic E-state index is 11.7. The quantitative estimate of drug-likeness (QED) is 0.461. The first kappa shape index (κ1) is 9.36. The number of hydrogen-bond acceptors (Lipinski definition) is 2. The molecule has 0 atom stereocenters. The summed E-state index contributed by atoms with van der Waals surface area (Å²) >= 11 is 0. The zero-order chi connectivity index (χ0) is 8.20. The highest BCUT2D eigenvalue weighted by atomic mass is 19.1. The van der Waals surface area contributed by atoms with Crippen molar-refractivity contribution in [2.45, 2.75) is 25.8 Å². The third-order valence-electron chi connectivity index (χ3n) is 1.17. The summed E-state index contributed by atoms with van der Waals surface area (Å²) in [6.45, 7) is 3.22. The van der Waals surface area contributed by atoms with E-state index in [1.165, 1.54) is 0 Å². The van der Waals surface area contributed by atoms with Crippen LogP contribution in [0.1, 0.15) is 20.3 Å². The van der Waals surface area contributed by atoms with Gasteiger partial charge in [-0.05, 0) is 20.3 Å². The lowest BCUT2D eigenvalue weighted by molar-refractivity contribution is 0.195. The first-order chi connectivity index (χ1) is 4.48. The summed E-state index contributed by atoms with van der Waals surface area (Å²) in [7, 11) is 0. The third kappa shape index (κ3) is 4.26. The second-order valence-electron chi connectivity index (χ2n) is 2.76. The smallest absolute Gasteiger partial charge is 0.396 e. The van der Waals surface area contributed by atoms with Crippen LogP contribution in [0.5, 0.6) is 0 Å². The summed E-state index contributed by atoms with van der Waals surface area (Å²) < 4.78 is 11.7. The lowest BCUT2D eigenvalue weighted by Gasteiger charge is -2.22. The van der Waals surface area contributed by atoms with E-state index in [0.29, 0.717) is 6.42 Å². The normalized spacial score (nSPS) is 11.2. The highest BCUT2D eigenvalue weighted by molar-refractivity contribution is 5.66. The van der Waals surface area contributed by atoms with Crippen molar-refractivity contribution in [3.05, 3.63) is 0 Å². The van der Waals surface area contributed by atoms with E-state index in [2.05, 4.69) is 5.32 Å². The van der Waals surface area contributed by atoms with E-state index < -0.39 is 11.7 Å². The maximum atomic E-state index is 11.7. The molecular weight excluding hydrogens is 137 g/mol. The molecule has 0 fully saturated rings. The van der Waals surface area contributed by atoms with Crippen molar-refractivity contribution >= 4 is 6.16 Å². The third-order valence-corrected chi connectivity index (χ3v) is 1.17. The minimum atomic E-state index is -1.56. The van der Waals surface area contributed by atoms with E-state index in [4.69, 9.17) is 5.11 Å². The molecule has 0 bridgehead atoms. The SMILES string of the molecule is CC(C)(CCO)NC(=O)F. The minimum Gasteiger partial charge on any atom is -0.396 e. The Morgan fingerprint density at radius 1 is 1.70 bits per heavy atom. The number of halogens is 1. The Kier molecular flexibility index (Phi) is 3.28. The molecule has 10 heavy (non-hydrogen) atoms. The molecule has 0 aliphatic heterocycles. The maximum Gasteiger partial charge on any atom is 0.397 e. The van der Waals surface area contributed by atoms with Gasteiger partial charge >= 0.3 is 6.16 Å². The van der Waals surface area contributed by atoms with Gasteiger partial charge in [0.25, 0.3) is 0 Å². The zero-order valence-corrected chi connectivity index (χ0v) is 6.15. The highest BCUT2D eigenvalue weighted by Gasteiger charge is 2.18. The number of carbonyl (C=O) groups is 1. The Hall–Kier alpha value is -0.640. The van der Waals surface area contributed by atoms with Crippen LogP contribution in [-0.4, -0.2) is 23.4 Å². The Morgan fingerprint density at radius 2 is 2.20 bits per heavy atom. The molecule has 0 aromatic rings. The number of rotatable bonds is 3. The molecule has 0 aliphatic carbocycles. The monoisotopic (exact) mass is 149 g/mol. The number of aliphatic hydroxyl groups is 1. The molecule has 0 aromatic heterocycles. The first-order valence-electron chi connectivity index (χ1n) is 3.06. The highest BCUT2D eigenvalue weighted by Crippen LogP contribution is 2.06. The summed E-state index contributed by atoms with van der Waals surface area (Å²) in [4.78, 5) is 9.87. The van der Waals surface area contributed by atoms with Gasteiger partial charge in [-0.15, -0.1) is 4.39 Å². The standard InChI is InChI=1S/C6H12FNO2/c1-6(2,3-4-9)8-5(7)10/h9H,3-4H2,1-2H3,(H,8,10). The van der Waals surface area contributed by atoms with Gasteiger partial charge in [-0.2, -0.15) is 0 Å². The van der Waals surface area contributed by atoms with Crippen LogP contribution < -0.4 is 5.32 Å². The van der Waals surface area contributed by atoms with Gasteiger partial charge in [0, 0.05) is 12.1 Å². The van der Waals surface area contributed by atoms with Gasteiger partial charge in [0.2, 0.25) is 0 Å². The van der Waals surface area contributed by atoms with E-state index in [-0.39, 0.29) is 6.61 Å². The van der Waals surface area contributed by atoms with Gasteiger partial charge in [-0.3, -0.25) is 0 Å². The number of nitrogens with one attached hydrogen (secondary N) is 1. The molecule has 0 radical (unpaired) electrons. The van der Waals surface area contributed by atoms with Gasteiger partial charge in [-0.25, -0.2) is 4.79 Å². The van der Waals surface area contributed by atoms with Crippen molar-refractivity contribution in [2.24, 2.45) is 0 Å². The van der Waals surface area contributed by atoms with Gasteiger partial charge in [-0.1, -0.05) is 0 Å². The molecule has 0 rings (SSSR count). The van der Waals surface area contributed by atoms with E-state index >= 15 is 0 Å². The molecular formula is C6H12FNO2. The molecule has 0 spiro atoms. The molecule has 0 unspecified atom stereocenters. The van der Waals surface area contributed by atoms with Gasteiger partial charge in [0.05, 0.1) is 0 Å². The van der Waals surface area contributed by atoms with Crippen molar-refractivity contribution in [3.63, 3.8) is 0 Å². The van der Waals surface area contributed by atoms with Crippen LogP contribution in [0.25, 0.3) is 0 Å². The Labute approximate surface area is 59.2 Å². The molecule has 2 N–H and O–H groups in total. The van der Waals surface area contributed by atoms with Crippen molar-refractivity contribution in [3.8, 4) is 0 Å². The molecule has 1 amide bonds. The molecule has 60 valence electrons. The molecule has 4 heteroatoms. The predicted octanol–water partition coefficient (Wildman–Crippen LogP) is 0.827. The average Bonchev–Trinajstić information content (AvgIpc) is 1.59. The fourth-order valence-electron chi connectivity index (χ4n) is 0.608. The van der Waals surface area contributed by atoms with E-state index in [0.717, 1.165) is 0 Å². The van der Waals surface area contributed by atoms with Gasteiger partial charge < -0.3 is 10.4 Å². The van der Waals surface area contributed by atoms with Crippen molar-refractivity contribution in [2.75, 3.05) is 6.61 Å². The largest absolute Gasteiger partial charge is 0.397 e. The second kappa shape index (κ2) is 3.51. The predicted molar refractivity (Wildman–Crippen MR) is 35.4 cm³/mol. The Bertz CT molecular complexity index is 125. The fraction of sp³-hybridized carbons (Fsp3) is 0.833. The summed E-state index contributed by atoms with van der Waals surface area (Å²) in [6.07, 6.45) is -1.21. The van der Waals surface area contributed by atoms with Crippen molar-refractivity contribution in [1.82, 2.24) is 5.32 Å².